The molecule has 1 unspecified atom stereocenters. The predicted molar refractivity (Wildman–Crippen MR) is 52.2 cm³/mol. The molecular weight excluding hydrogens is 168 g/mol. The number of amides is 1. The number of hydrogen-bond acceptors (Lipinski definition) is 3. The average Bonchev–Trinajstić information content (AvgIpc) is 2.05. The molecule has 4 heteroatoms. The molecule has 0 aromatic rings. The molecule has 0 heterocycles. The minimum absolute atomic E-state index is 0.0732. The van der Waals surface area contributed by atoms with Gasteiger partial charge in [-0.1, -0.05) is 13.8 Å². The van der Waals surface area contributed by atoms with E-state index in [4.69, 9.17) is 10.8 Å². The Morgan fingerprint density at radius 3 is 2.38 bits per heavy atom. The highest BCUT2D eigenvalue weighted by atomic mass is 16.3. The number of aliphatic hydroxyl groups excluding tert-OH is 1. The zero-order chi connectivity index (χ0) is 10.3. The van der Waals surface area contributed by atoms with Crippen LogP contribution < -0.4 is 5.73 Å². The van der Waals surface area contributed by atoms with Gasteiger partial charge in [0, 0.05) is 6.54 Å². The van der Waals surface area contributed by atoms with Crippen LogP contribution in [0.5, 0.6) is 0 Å². The minimum atomic E-state index is -0.301. The largest absolute Gasteiger partial charge is 0.395 e. The van der Waals surface area contributed by atoms with Crippen LogP contribution in [0.4, 0.5) is 0 Å². The molecule has 0 aromatic heterocycles. The third-order valence-electron chi connectivity index (χ3n) is 2.05. The van der Waals surface area contributed by atoms with E-state index in [1.165, 1.54) is 0 Å². The van der Waals surface area contributed by atoms with E-state index < -0.39 is 0 Å². The van der Waals surface area contributed by atoms with Gasteiger partial charge in [0.15, 0.2) is 0 Å². The Bertz CT molecular complexity index is 145. The lowest BCUT2D eigenvalue weighted by atomic mass is 10.1. The lowest BCUT2D eigenvalue weighted by Gasteiger charge is -2.27. The van der Waals surface area contributed by atoms with Crippen LogP contribution in [0.2, 0.25) is 0 Å². The molecule has 0 bridgehead atoms. The second-order valence-electron chi connectivity index (χ2n) is 3.09. The van der Waals surface area contributed by atoms with Crippen LogP contribution in [0, 0.1) is 0 Å². The summed E-state index contributed by atoms with van der Waals surface area (Å²) < 4.78 is 0. The highest BCUT2D eigenvalue weighted by Gasteiger charge is 2.20. The summed E-state index contributed by atoms with van der Waals surface area (Å²) in [6, 6.07) is -0.230. The normalized spacial score (nSPS) is 13.2. The van der Waals surface area contributed by atoms with Crippen molar-refractivity contribution in [1.82, 2.24) is 4.90 Å². The van der Waals surface area contributed by atoms with E-state index in [0.29, 0.717) is 13.0 Å². The van der Waals surface area contributed by atoms with Gasteiger partial charge in [-0.3, -0.25) is 9.69 Å². The molecule has 0 aromatic carbocycles. The lowest BCUT2D eigenvalue weighted by molar-refractivity contribution is -0.123. The number of nitrogens with zero attached hydrogens (tertiary/aromatic N) is 1. The van der Waals surface area contributed by atoms with Crippen molar-refractivity contribution < 1.29 is 9.90 Å². The number of primary amides is 1. The van der Waals surface area contributed by atoms with Crippen molar-refractivity contribution in [3.8, 4) is 0 Å². The van der Waals surface area contributed by atoms with Crippen LogP contribution in [0.1, 0.15) is 26.7 Å². The van der Waals surface area contributed by atoms with Crippen LogP contribution in [-0.4, -0.2) is 41.7 Å². The monoisotopic (exact) mass is 188 g/mol. The van der Waals surface area contributed by atoms with Crippen LogP contribution in [0.15, 0.2) is 0 Å². The highest BCUT2D eigenvalue weighted by molar-refractivity contribution is 5.79. The first kappa shape index (κ1) is 12.4. The third-order valence-corrected chi connectivity index (χ3v) is 2.05. The Kier molecular flexibility index (Phi) is 6.54. The molecular formula is C9H20N2O2. The fourth-order valence-corrected chi connectivity index (χ4v) is 1.48. The number of carbonyl (C=O) groups excluding carboxylic acids is 1. The zero-order valence-electron chi connectivity index (χ0n) is 8.49. The molecule has 78 valence electrons. The van der Waals surface area contributed by atoms with Crippen molar-refractivity contribution in [2.24, 2.45) is 5.73 Å². The second-order valence-corrected chi connectivity index (χ2v) is 3.09. The van der Waals surface area contributed by atoms with Crippen molar-refractivity contribution in [2.45, 2.75) is 32.7 Å². The fraction of sp³-hybridized carbons (Fsp3) is 0.889. The molecule has 0 spiro atoms. The molecule has 0 fully saturated rings. The van der Waals surface area contributed by atoms with E-state index in [0.717, 1.165) is 13.0 Å². The Hall–Kier alpha value is -0.610. The molecule has 3 N–H and O–H groups in total. The average molecular weight is 188 g/mol. The van der Waals surface area contributed by atoms with Gasteiger partial charge in [-0.05, 0) is 19.4 Å². The van der Waals surface area contributed by atoms with Gasteiger partial charge >= 0.3 is 0 Å². The lowest BCUT2D eigenvalue weighted by Crippen LogP contribution is -2.45. The van der Waals surface area contributed by atoms with E-state index in [9.17, 15) is 4.79 Å². The summed E-state index contributed by atoms with van der Waals surface area (Å²) in [5, 5.41) is 8.80. The summed E-state index contributed by atoms with van der Waals surface area (Å²) in [5.74, 6) is -0.301. The summed E-state index contributed by atoms with van der Waals surface area (Å²) in [6.07, 6.45) is 1.67. The van der Waals surface area contributed by atoms with Crippen LogP contribution in [-0.2, 0) is 4.79 Å². The number of hydrogen-bond donors (Lipinski definition) is 2. The number of carbonyl (C=O) groups is 1. The number of aliphatic hydroxyl groups is 1. The maximum atomic E-state index is 11.0. The van der Waals surface area contributed by atoms with Gasteiger partial charge < -0.3 is 10.8 Å². The minimum Gasteiger partial charge on any atom is -0.395 e. The van der Waals surface area contributed by atoms with Crippen molar-refractivity contribution in [3.63, 3.8) is 0 Å². The van der Waals surface area contributed by atoms with Crippen molar-refractivity contribution in [3.05, 3.63) is 0 Å². The summed E-state index contributed by atoms with van der Waals surface area (Å²) in [6.45, 7) is 5.37. The maximum absolute atomic E-state index is 11.0. The number of rotatable bonds is 7. The van der Waals surface area contributed by atoms with Crippen LogP contribution >= 0.6 is 0 Å². The molecule has 0 aliphatic rings. The molecule has 13 heavy (non-hydrogen) atoms. The highest BCUT2D eigenvalue weighted by Crippen LogP contribution is 2.04. The van der Waals surface area contributed by atoms with Gasteiger partial charge in [0.25, 0.3) is 0 Å². The summed E-state index contributed by atoms with van der Waals surface area (Å²) in [5.41, 5.74) is 5.25. The van der Waals surface area contributed by atoms with E-state index in [1.807, 2.05) is 18.7 Å². The predicted octanol–water partition coefficient (Wildman–Crippen LogP) is -0.0454. The first-order chi connectivity index (χ1) is 6.17. The SMILES string of the molecule is CCCN(CCO)C(CC)C(N)=O. The first-order valence-corrected chi connectivity index (χ1v) is 4.81. The van der Waals surface area contributed by atoms with E-state index in [2.05, 4.69) is 0 Å². The molecule has 0 saturated carbocycles. The standard InChI is InChI=1S/C9H20N2O2/c1-3-5-11(6-7-12)8(4-2)9(10)13/h8,12H,3-7H2,1-2H3,(H2,10,13). The Morgan fingerprint density at radius 2 is 2.08 bits per heavy atom. The fourth-order valence-electron chi connectivity index (χ4n) is 1.48. The molecule has 0 aliphatic heterocycles. The zero-order valence-corrected chi connectivity index (χ0v) is 8.49. The molecule has 4 nitrogen and oxygen atoms in total. The van der Waals surface area contributed by atoms with E-state index >= 15 is 0 Å². The second kappa shape index (κ2) is 6.86. The molecule has 0 aliphatic carbocycles. The van der Waals surface area contributed by atoms with E-state index in [-0.39, 0.29) is 18.6 Å². The summed E-state index contributed by atoms with van der Waals surface area (Å²) in [4.78, 5) is 13.0. The van der Waals surface area contributed by atoms with Gasteiger partial charge in [0.2, 0.25) is 5.91 Å². The molecule has 0 saturated heterocycles. The van der Waals surface area contributed by atoms with Crippen molar-refractivity contribution in [1.29, 1.82) is 0 Å². The smallest absolute Gasteiger partial charge is 0.234 e. The molecule has 0 radical (unpaired) electrons. The Morgan fingerprint density at radius 1 is 1.46 bits per heavy atom. The Labute approximate surface area is 79.7 Å². The van der Waals surface area contributed by atoms with Crippen LogP contribution in [0.3, 0.4) is 0 Å². The molecule has 0 rings (SSSR count). The topological polar surface area (TPSA) is 66.6 Å². The van der Waals surface area contributed by atoms with Gasteiger partial charge in [-0.25, -0.2) is 0 Å². The van der Waals surface area contributed by atoms with Gasteiger partial charge in [0.05, 0.1) is 12.6 Å². The van der Waals surface area contributed by atoms with Gasteiger partial charge in [-0.15, -0.1) is 0 Å². The van der Waals surface area contributed by atoms with Crippen molar-refractivity contribution in [2.75, 3.05) is 19.7 Å². The Balaban J connectivity index is 4.20. The summed E-state index contributed by atoms with van der Waals surface area (Å²) in [7, 11) is 0. The maximum Gasteiger partial charge on any atom is 0.234 e. The summed E-state index contributed by atoms with van der Waals surface area (Å²) >= 11 is 0. The third kappa shape index (κ3) is 4.24. The molecule has 1 atom stereocenters. The van der Waals surface area contributed by atoms with Crippen molar-refractivity contribution >= 4 is 5.91 Å². The van der Waals surface area contributed by atoms with Crippen LogP contribution in [0.25, 0.3) is 0 Å². The van der Waals surface area contributed by atoms with Gasteiger partial charge in [0.1, 0.15) is 0 Å². The van der Waals surface area contributed by atoms with Gasteiger partial charge in [-0.2, -0.15) is 0 Å². The molecule has 1 amide bonds. The number of nitrogens with two attached hydrogens (primary N) is 1. The quantitative estimate of drug-likeness (QED) is 0.589. The van der Waals surface area contributed by atoms with E-state index in [1.54, 1.807) is 0 Å². The first-order valence-electron chi connectivity index (χ1n) is 4.81.